The lowest BCUT2D eigenvalue weighted by Gasteiger charge is -2.06. The van der Waals surface area contributed by atoms with Crippen LogP contribution in [0.15, 0.2) is 29.2 Å². The summed E-state index contributed by atoms with van der Waals surface area (Å²) in [5.74, 6) is 5.73. The molecule has 1 aromatic carbocycles. The zero-order valence-electron chi connectivity index (χ0n) is 8.66. The maximum absolute atomic E-state index is 9.43. The molecule has 0 unspecified atom stereocenters. The van der Waals surface area contributed by atoms with Gasteiger partial charge in [0, 0.05) is 10.5 Å². The van der Waals surface area contributed by atoms with Crippen molar-refractivity contribution in [1.82, 2.24) is 0 Å². The van der Waals surface area contributed by atoms with Crippen LogP contribution in [0.2, 0.25) is 0 Å². The van der Waals surface area contributed by atoms with E-state index in [2.05, 4.69) is 11.8 Å². The molecule has 0 aliphatic rings. The SMILES string of the molecule is CSc1cccc(C#CC(C)(C)O)c1. The molecular weight excluding hydrogens is 192 g/mol. The molecule has 0 fully saturated rings. The molecule has 0 spiro atoms. The van der Waals surface area contributed by atoms with E-state index in [0.717, 1.165) is 5.56 Å². The number of aliphatic hydroxyl groups is 1. The van der Waals surface area contributed by atoms with Crippen LogP contribution in [0.1, 0.15) is 19.4 Å². The van der Waals surface area contributed by atoms with Gasteiger partial charge in [0.1, 0.15) is 5.60 Å². The summed E-state index contributed by atoms with van der Waals surface area (Å²) in [5.41, 5.74) is 0.0222. The molecule has 74 valence electrons. The quantitative estimate of drug-likeness (QED) is 0.563. The topological polar surface area (TPSA) is 20.2 Å². The van der Waals surface area contributed by atoms with E-state index in [0.29, 0.717) is 0 Å². The fourth-order valence-electron chi connectivity index (χ4n) is 0.926. The van der Waals surface area contributed by atoms with Crippen molar-refractivity contribution in [1.29, 1.82) is 0 Å². The van der Waals surface area contributed by atoms with Crippen LogP contribution in [0.5, 0.6) is 0 Å². The lowest BCUT2D eigenvalue weighted by molar-refractivity contribution is 0.143. The van der Waals surface area contributed by atoms with Crippen LogP contribution in [-0.4, -0.2) is 17.0 Å². The van der Waals surface area contributed by atoms with E-state index in [1.165, 1.54) is 4.90 Å². The van der Waals surface area contributed by atoms with Gasteiger partial charge in [0.05, 0.1) is 0 Å². The van der Waals surface area contributed by atoms with Crippen molar-refractivity contribution in [3.63, 3.8) is 0 Å². The zero-order valence-corrected chi connectivity index (χ0v) is 9.48. The maximum atomic E-state index is 9.43. The Labute approximate surface area is 89.5 Å². The van der Waals surface area contributed by atoms with Crippen LogP contribution in [0.4, 0.5) is 0 Å². The van der Waals surface area contributed by atoms with E-state index in [1.54, 1.807) is 25.6 Å². The molecule has 0 saturated heterocycles. The van der Waals surface area contributed by atoms with Crippen LogP contribution in [0.25, 0.3) is 0 Å². The molecule has 0 aromatic heterocycles. The van der Waals surface area contributed by atoms with Gasteiger partial charge >= 0.3 is 0 Å². The number of thioether (sulfide) groups is 1. The van der Waals surface area contributed by atoms with Crippen LogP contribution >= 0.6 is 11.8 Å². The summed E-state index contributed by atoms with van der Waals surface area (Å²) in [5, 5.41) is 9.43. The highest BCUT2D eigenvalue weighted by Crippen LogP contribution is 2.15. The summed E-state index contributed by atoms with van der Waals surface area (Å²) >= 11 is 1.69. The average Bonchev–Trinajstić information content (AvgIpc) is 2.14. The Morgan fingerprint density at radius 2 is 2.07 bits per heavy atom. The highest BCUT2D eigenvalue weighted by Gasteiger charge is 2.05. The normalized spacial score (nSPS) is 10.6. The summed E-state index contributed by atoms with van der Waals surface area (Å²) in [6.07, 6.45) is 2.03. The first-order chi connectivity index (χ1) is 6.51. The summed E-state index contributed by atoms with van der Waals surface area (Å²) in [6.45, 7) is 3.36. The predicted molar refractivity (Wildman–Crippen MR) is 61.4 cm³/mol. The number of hydrogen-bond acceptors (Lipinski definition) is 2. The van der Waals surface area contributed by atoms with Gasteiger partial charge in [0.15, 0.2) is 0 Å². The minimum Gasteiger partial charge on any atom is -0.378 e. The Morgan fingerprint density at radius 3 is 2.64 bits per heavy atom. The standard InChI is InChI=1S/C12H14OS/c1-12(2,13)8-7-10-5-4-6-11(9-10)14-3/h4-6,9,13H,1-3H3. The van der Waals surface area contributed by atoms with Gasteiger partial charge in [0.2, 0.25) is 0 Å². The monoisotopic (exact) mass is 206 g/mol. The Morgan fingerprint density at radius 1 is 1.36 bits per heavy atom. The average molecular weight is 206 g/mol. The van der Waals surface area contributed by atoms with Crippen molar-refractivity contribution in [2.75, 3.05) is 6.26 Å². The number of benzene rings is 1. The third-order valence-corrected chi connectivity index (χ3v) is 2.31. The third kappa shape index (κ3) is 3.87. The highest BCUT2D eigenvalue weighted by molar-refractivity contribution is 7.98. The van der Waals surface area contributed by atoms with Gasteiger partial charge in [-0.15, -0.1) is 11.8 Å². The summed E-state index contributed by atoms with van der Waals surface area (Å²) < 4.78 is 0. The van der Waals surface area contributed by atoms with E-state index in [4.69, 9.17) is 0 Å². The van der Waals surface area contributed by atoms with Gasteiger partial charge in [-0.3, -0.25) is 0 Å². The van der Waals surface area contributed by atoms with Crippen LogP contribution in [0, 0.1) is 11.8 Å². The first-order valence-electron chi connectivity index (χ1n) is 4.41. The molecule has 0 radical (unpaired) electrons. The minimum atomic E-state index is -0.921. The fraction of sp³-hybridized carbons (Fsp3) is 0.333. The molecule has 0 saturated carbocycles. The number of rotatable bonds is 1. The largest absolute Gasteiger partial charge is 0.378 e. The summed E-state index contributed by atoms with van der Waals surface area (Å²) in [4.78, 5) is 1.19. The maximum Gasteiger partial charge on any atom is 0.120 e. The Kier molecular flexibility index (Phi) is 3.62. The molecule has 14 heavy (non-hydrogen) atoms. The molecular formula is C12H14OS. The van der Waals surface area contributed by atoms with E-state index in [9.17, 15) is 5.11 Å². The smallest absolute Gasteiger partial charge is 0.120 e. The van der Waals surface area contributed by atoms with Crippen molar-refractivity contribution in [2.45, 2.75) is 24.3 Å². The van der Waals surface area contributed by atoms with E-state index in [1.807, 2.05) is 30.5 Å². The van der Waals surface area contributed by atoms with Crippen molar-refractivity contribution in [3.05, 3.63) is 29.8 Å². The first-order valence-corrected chi connectivity index (χ1v) is 5.63. The molecule has 1 N–H and O–H groups in total. The third-order valence-electron chi connectivity index (χ3n) is 1.58. The lowest BCUT2D eigenvalue weighted by Crippen LogP contribution is -2.14. The Hall–Kier alpha value is -0.910. The van der Waals surface area contributed by atoms with E-state index < -0.39 is 5.60 Å². The van der Waals surface area contributed by atoms with Crippen molar-refractivity contribution in [3.8, 4) is 11.8 Å². The molecule has 2 heteroatoms. The predicted octanol–water partition coefficient (Wildman–Crippen LogP) is 2.53. The van der Waals surface area contributed by atoms with Crippen molar-refractivity contribution < 1.29 is 5.11 Å². The van der Waals surface area contributed by atoms with Crippen molar-refractivity contribution >= 4 is 11.8 Å². The summed E-state index contributed by atoms with van der Waals surface area (Å²) in [6, 6.07) is 7.97. The summed E-state index contributed by atoms with van der Waals surface area (Å²) in [7, 11) is 0. The molecule has 1 rings (SSSR count). The van der Waals surface area contributed by atoms with Gasteiger partial charge in [-0.25, -0.2) is 0 Å². The molecule has 1 nitrogen and oxygen atoms in total. The Balaban J connectivity index is 2.90. The molecule has 0 bridgehead atoms. The van der Waals surface area contributed by atoms with Gasteiger partial charge in [0.25, 0.3) is 0 Å². The molecule has 1 aromatic rings. The van der Waals surface area contributed by atoms with Gasteiger partial charge in [-0.05, 0) is 38.3 Å². The lowest BCUT2D eigenvalue weighted by atomic mass is 10.1. The molecule has 0 aliphatic carbocycles. The van der Waals surface area contributed by atoms with E-state index >= 15 is 0 Å². The zero-order chi connectivity index (χ0) is 10.6. The number of hydrogen-bond donors (Lipinski definition) is 1. The highest BCUT2D eigenvalue weighted by atomic mass is 32.2. The molecule has 0 heterocycles. The second-order valence-electron chi connectivity index (χ2n) is 3.54. The van der Waals surface area contributed by atoms with Gasteiger partial charge in [-0.2, -0.15) is 0 Å². The second-order valence-corrected chi connectivity index (χ2v) is 4.42. The van der Waals surface area contributed by atoms with Crippen LogP contribution in [-0.2, 0) is 0 Å². The molecule has 0 aliphatic heterocycles. The second kappa shape index (κ2) is 4.54. The minimum absolute atomic E-state index is 0.921. The first kappa shape index (κ1) is 11.2. The Bertz CT molecular complexity index is 366. The van der Waals surface area contributed by atoms with Crippen LogP contribution in [0.3, 0.4) is 0 Å². The fourth-order valence-corrected chi connectivity index (χ4v) is 1.39. The van der Waals surface area contributed by atoms with Crippen LogP contribution < -0.4 is 0 Å². The van der Waals surface area contributed by atoms with Gasteiger partial charge in [-0.1, -0.05) is 17.9 Å². The van der Waals surface area contributed by atoms with Crippen molar-refractivity contribution in [2.24, 2.45) is 0 Å². The van der Waals surface area contributed by atoms with E-state index in [-0.39, 0.29) is 0 Å². The van der Waals surface area contributed by atoms with Gasteiger partial charge < -0.3 is 5.11 Å². The molecule has 0 atom stereocenters. The molecule has 0 amide bonds.